The third-order valence-corrected chi connectivity index (χ3v) is 2.31. The first kappa shape index (κ1) is 9.45. The molecule has 4 heteroatoms. The van der Waals surface area contributed by atoms with Gasteiger partial charge in [-0.3, -0.25) is 10.1 Å². The van der Waals surface area contributed by atoms with Gasteiger partial charge >= 0.3 is 0 Å². The predicted octanol–water partition coefficient (Wildman–Crippen LogP) is 2.72. The minimum absolute atomic E-state index is 0.457. The molecule has 0 fully saturated rings. The summed E-state index contributed by atoms with van der Waals surface area (Å²) >= 11 is 0. The van der Waals surface area contributed by atoms with Gasteiger partial charge < -0.3 is 4.98 Å². The van der Waals surface area contributed by atoms with Gasteiger partial charge in [-0.05, 0) is 13.0 Å². The van der Waals surface area contributed by atoms with Gasteiger partial charge in [0.15, 0.2) is 0 Å². The molecule has 0 amide bonds. The standard InChI is InChI=1S/C11H10N2O2/c1-8-9(6-7-13(14)15)10-4-2-3-5-11(10)12-8/h2-7,12H,1H3/b7-6-. The van der Waals surface area contributed by atoms with E-state index < -0.39 is 4.92 Å². The number of nitro groups is 1. The number of aromatic nitrogens is 1. The summed E-state index contributed by atoms with van der Waals surface area (Å²) < 4.78 is 0. The number of rotatable bonds is 2. The molecule has 76 valence electrons. The number of para-hydroxylation sites is 1. The average molecular weight is 202 g/mol. The molecule has 0 spiro atoms. The van der Waals surface area contributed by atoms with Gasteiger partial charge in [-0.2, -0.15) is 0 Å². The van der Waals surface area contributed by atoms with Gasteiger partial charge in [0.2, 0.25) is 6.20 Å². The molecule has 0 bridgehead atoms. The molecule has 1 heterocycles. The zero-order valence-electron chi connectivity index (χ0n) is 8.23. The molecule has 0 saturated heterocycles. The number of hydrogen-bond donors (Lipinski definition) is 1. The highest BCUT2D eigenvalue weighted by atomic mass is 16.6. The van der Waals surface area contributed by atoms with Crippen molar-refractivity contribution in [3.8, 4) is 0 Å². The van der Waals surface area contributed by atoms with Crippen LogP contribution < -0.4 is 0 Å². The predicted molar refractivity (Wildman–Crippen MR) is 59.1 cm³/mol. The summed E-state index contributed by atoms with van der Waals surface area (Å²) in [6, 6.07) is 7.74. The van der Waals surface area contributed by atoms with Crippen molar-refractivity contribution in [2.75, 3.05) is 0 Å². The largest absolute Gasteiger partial charge is 0.358 e. The third-order valence-electron chi connectivity index (χ3n) is 2.31. The molecule has 2 aromatic rings. The van der Waals surface area contributed by atoms with Gasteiger partial charge in [0.1, 0.15) is 0 Å². The summed E-state index contributed by atoms with van der Waals surface area (Å²) in [4.78, 5) is 13.0. The average Bonchev–Trinajstić information content (AvgIpc) is 2.50. The fraction of sp³-hybridized carbons (Fsp3) is 0.0909. The van der Waals surface area contributed by atoms with E-state index >= 15 is 0 Å². The number of aromatic amines is 1. The van der Waals surface area contributed by atoms with Gasteiger partial charge in [0.25, 0.3) is 0 Å². The van der Waals surface area contributed by atoms with Gasteiger partial charge in [0, 0.05) is 28.2 Å². The van der Waals surface area contributed by atoms with Crippen molar-refractivity contribution in [2.24, 2.45) is 0 Å². The van der Waals surface area contributed by atoms with Crippen LogP contribution in [0.2, 0.25) is 0 Å². The Labute approximate surface area is 86.4 Å². The summed E-state index contributed by atoms with van der Waals surface area (Å²) in [7, 11) is 0. The first-order valence-corrected chi connectivity index (χ1v) is 4.57. The Morgan fingerprint density at radius 2 is 2.13 bits per heavy atom. The van der Waals surface area contributed by atoms with Crippen LogP contribution >= 0.6 is 0 Å². The Kier molecular flexibility index (Phi) is 2.25. The summed E-state index contributed by atoms with van der Waals surface area (Å²) in [6.45, 7) is 1.90. The number of hydrogen-bond acceptors (Lipinski definition) is 2. The first-order chi connectivity index (χ1) is 7.18. The van der Waals surface area contributed by atoms with Crippen LogP contribution in [0.4, 0.5) is 0 Å². The Morgan fingerprint density at radius 1 is 1.40 bits per heavy atom. The highest BCUT2D eigenvalue weighted by molar-refractivity contribution is 5.90. The molecule has 0 unspecified atom stereocenters. The molecular formula is C11H10N2O2. The molecule has 0 aliphatic carbocycles. The second kappa shape index (κ2) is 3.57. The van der Waals surface area contributed by atoms with Gasteiger partial charge in [-0.1, -0.05) is 18.2 Å². The molecule has 0 aliphatic heterocycles. The van der Waals surface area contributed by atoms with E-state index in [1.807, 2.05) is 31.2 Å². The van der Waals surface area contributed by atoms with Crippen LogP contribution in [0.15, 0.2) is 30.5 Å². The van der Waals surface area contributed by atoms with Crippen LogP contribution in [-0.2, 0) is 0 Å². The first-order valence-electron chi connectivity index (χ1n) is 4.57. The number of H-pyrrole nitrogens is 1. The van der Waals surface area contributed by atoms with Crippen LogP contribution in [-0.4, -0.2) is 9.91 Å². The Hall–Kier alpha value is -2.10. The van der Waals surface area contributed by atoms with Gasteiger partial charge in [-0.15, -0.1) is 0 Å². The molecular weight excluding hydrogens is 192 g/mol. The second-order valence-corrected chi connectivity index (χ2v) is 3.31. The lowest BCUT2D eigenvalue weighted by Gasteiger charge is -1.90. The van der Waals surface area contributed by atoms with E-state index in [2.05, 4.69) is 4.98 Å². The van der Waals surface area contributed by atoms with Crippen LogP contribution in [0.25, 0.3) is 17.0 Å². The van der Waals surface area contributed by atoms with E-state index in [9.17, 15) is 10.1 Å². The van der Waals surface area contributed by atoms with Crippen molar-refractivity contribution in [3.63, 3.8) is 0 Å². The van der Waals surface area contributed by atoms with E-state index in [1.54, 1.807) is 0 Å². The van der Waals surface area contributed by atoms with Gasteiger partial charge in [-0.25, -0.2) is 0 Å². The Balaban J connectivity index is 2.59. The number of nitrogens with zero attached hydrogens (tertiary/aromatic N) is 1. The summed E-state index contributed by atoms with van der Waals surface area (Å²) in [5, 5.41) is 11.3. The summed E-state index contributed by atoms with van der Waals surface area (Å²) in [5.41, 5.74) is 2.81. The minimum Gasteiger partial charge on any atom is -0.358 e. The minimum atomic E-state index is -0.457. The van der Waals surface area contributed by atoms with Crippen LogP contribution in [0.5, 0.6) is 0 Å². The van der Waals surface area contributed by atoms with Crippen molar-refractivity contribution in [1.82, 2.24) is 4.98 Å². The molecule has 1 aromatic carbocycles. The molecule has 2 rings (SSSR count). The fourth-order valence-corrected chi connectivity index (χ4v) is 1.65. The fourth-order valence-electron chi connectivity index (χ4n) is 1.65. The van der Waals surface area contributed by atoms with Crippen LogP contribution in [0, 0.1) is 17.0 Å². The molecule has 1 aromatic heterocycles. The maximum Gasteiger partial charge on any atom is 0.235 e. The number of aryl methyl sites for hydroxylation is 1. The van der Waals surface area contributed by atoms with Crippen molar-refractivity contribution in [2.45, 2.75) is 6.92 Å². The topological polar surface area (TPSA) is 58.9 Å². The summed E-state index contributed by atoms with van der Waals surface area (Å²) in [6.07, 6.45) is 2.48. The van der Waals surface area contributed by atoms with Gasteiger partial charge in [0.05, 0.1) is 4.92 Å². The number of fused-ring (bicyclic) bond motifs is 1. The zero-order chi connectivity index (χ0) is 10.8. The van der Waals surface area contributed by atoms with E-state index in [1.165, 1.54) is 6.08 Å². The highest BCUT2D eigenvalue weighted by Crippen LogP contribution is 2.22. The third kappa shape index (κ3) is 1.74. The molecule has 15 heavy (non-hydrogen) atoms. The van der Waals surface area contributed by atoms with Crippen molar-refractivity contribution < 1.29 is 4.92 Å². The number of nitrogens with one attached hydrogen (secondary N) is 1. The van der Waals surface area contributed by atoms with E-state index in [-0.39, 0.29) is 0 Å². The van der Waals surface area contributed by atoms with Crippen LogP contribution in [0.3, 0.4) is 0 Å². The Bertz CT molecular complexity index is 541. The van der Waals surface area contributed by atoms with Crippen LogP contribution in [0.1, 0.15) is 11.3 Å². The van der Waals surface area contributed by atoms with Crippen molar-refractivity contribution in [3.05, 3.63) is 51.8 Å². The van der Waals surface area contributed by atoms with Crippen molar-refractivity contribution in [1.29, 1.82) is 0 Å². The Morgan fingerprint density at radius 3 is 2.87 bits per heavy atom. The lowest BCUT2D eigenvalue weighted by atomic mass is 10.1. The van der Waals surface area contributed by atoms with E-state index in [0.29, 0.717) is 0 Å². The quantitative estimate of drug-likeness (QED) is 0.601. The molecule has 1 N–H and O–H groups in total. The molecule has 4 nitrogen and oxygen atoms in total. The SMILES string of the molecule is Cc1[nH]c2ccccc2c1/C=C\[N+](=O)[O-]. The normalized spacial score (nSPS) is 11.3. The number of benzene rings is 1. The van der Waals surface area contributed by atoms with E-state index in [4.69, 9.17) is 0 Å². The maximum atomic E-state index is 10.3. The second-order valence-electron chi connectivity index (χ2n) is 3.31. The molecule has 0 radical (unpaired) electrons. The highest BCUT2D eigenvalue weighted by Gasteiger charge is 2.05. The molecule has 0 atom stereocenters. The monoisotopic (exact) mass is 202 g/mol. The maximum absolute atomic E-state index is 10.3. The van der Waals surface area contributed by atoms with Crippen molar-refractivity contribution >= 4 is 17.0 Å². The smallest absolute Gasteiger partial charge is 0.235 e. The van der Waals surface area contributed by atoms with E-state index in [0.717, 1.165) is 28.4 Å². The zero-order valence-corrected chi connectivity index (χ0v) is 8.23. The lowest BCUT2D eigenvalue weighted by molar-refractivity contribution is -0.400. The summed E-state index contributed by atoms with van der Waals surface area (Å²) in [5.74, 6) is 0. The molecule has 0 saturated carbocycles. The lowest BCUT2D eigenvalue weighted by Crippen LogP contribution is -1.83. The molecule has 0 aliphatic rings.